The van der Waals surface area contributed by atoms with Gasteiger partial charge in [-0.2, -0.15) is 0 Å². The number of aromatic nitrogens is 1. The number of nitrogens with zero attached hydrogens (tertiary/aromatic N) is 1. The average molecular weight is 288 g/mol. The van der Waals surface area contributed by atoms with Crippen molar-refractivity contribution in [2.24, 2.45) is 0 Å². The lowest BCUT2D eigenvalue weighted by molar-refractivity contribution is -0.139. The Kier molecular flexibility index (Phi) is 4.91. The SMILES string of the molecule is CC(=CC(=O)OCc1ccccn1)c1ccccc1Cl. The minimum absolute atomic E-state index is 0.159. The van der Waals surface area contributed by atoms with Crippen molar-refractivity contribution in [1.82, 2.24) is 4.98 Å². The molecule has 0 saturated carbocycles. The Bertz CT molecular complexity index is 623. The van der Waals surface area contributed by atoms with E-state index in [2.05, 4.69) is 4.98 Å². The molecule has 0 atom stereocenters. The zero-order valence-electron chi connectivity index (χ0n) is 11.0. The number of allylic oxidation sites excluding steroid dienone is 1. The second kappa shape index (κ2) is 6.87. The molecule has 2 aromatic rings. The summed E-state index contributed by atoms with van der Waals surface area (Å²) in [6, 6.07) is 12.8. The van der Waals surface area contributed by atoms with Gasteiger partial charge in [0.1, 0.15) is 6.61 Å². The largest absolute Gasteiger partial charge is 0.456 e. The van der Waals surface area contributed by atoms with Crippen LogP contribution in [0.3, 0.4) is 0 Å². The number of rotatable bonds is 4. The summed E-state index contributed by atoms with van der Waals surface area (Å²) < 4.78 is 5.14. The van der Waals surface area contributed by atoms with Gasteiger partial charge in [-0.15, -0.1) is 0 Å². The highest BCUT2D eigenvalue weighted by Crippen LogP contribution is 2.22. The number of ether oxygens (including phenoxy) is 1. The first kappa shape index (κ1) is 14.3. The predicted octanol–water partition coefficient (Wildman–Crippen LogP) is 3.88. The minimum atomic E-state index is -0.409. The first-order valence-electron chi connectivity index (χ1n) is 6.16. The zero-order valence-corrected chi connectivity index (χ0v) is 11.8. The molecule has 1 heterocycles. The van der Waals surface area contributed by atoms with Crippen LogP contribution in [0.4, 0.5) is 0 Å². The number of hydrogen-bond donors (Lipinski definition) is 0. The summed E-state index contributed by atoms with van der Waals surface area (Å²) in [5.74, 6) is -0.409. The quantitative estimate of drug-likeness (QED) is 0.633. The maximum absolute atomic E-state index is 11.7. The van der Waals surface area contributed by atoms with E-state index in [1.54, 1.807) is 18.3 Å². The second-order valence-corrected chi connectivity index (χ2v) is 4.64. The molecule has 102 valence electrons. The van der Waals surface area contributed by atoms with Crippen LogP contribution >= 0.6 is 11.6 Å². The van der Waals surface area contributed by atoms with Crippen LogP contribution in [0.15, 0.2) is 54.7 Å². The van der Waals surface area contributed by atoms with Gasteiger partial charge in [0.2, 0.25) is 0 Å². The number of halogens is 1. The van der Waals surface area contributed by atoms with Gasteiger partial charge in [-0.25, -0.2) is 4.79 Å². The monoisotopic (exact) mass is 287 g/mol. The Labute approximate surface area is 122 Å². The van der Waals surface area contributed by atoms with E-state index >= 15 is 0 Å². The third-order valence-corrected chi connectivity index (χ3v) is 3.05. The molecule has 3 nitrogen and oxygen atoms in total. The summed E-state index contributed by atoms with van der Waals surface area (Å²) in [5.41, 5.74) is 2.30. The molecular weight excluding hydrogens is 274 g/mol. The zero-order chi connectivity index (χ0) is 14.4. The predicted molar refractivity (Wildman–Crippen MR) is 79.1 cm³/mol. The first-order valence-corrected chi connectivity index (χ1v) is 6.54. The van der Waals surface area contributed by atoms with E-state index in [-0.39, 0.29) is 6.61 Å². The van der Waals surface area contributed by atoms with Crippen molar-refractivity contribution >= 4 is 23.1 Å². The highest BCUT2D eigenvalue weighted by molar-refractivity contribution is 6.32. The van der Waals surface area contributed by atoms with Crippen LogP contribution in [0.1, 0.15) is 18.2 Å². The molecule has 1 aromatic carbocycles. The van der Waals surface area contributed by atoms with Crippen LogP contribution in [0.25, 0.3) is 5.57 Å². The molecule has 1 aromatic heterocycles. The molecule has 0 amide bonds. The fourth-order valence-electron chi connectivity index (χ4n) is 1.71. The van der Waals surface area contributed by atoms with Crippen LogP contribution in [0.5, 0.6) is 0 Å². The van der Waals surface area contributed by atoms with Gasteiger partial charge < -0.3 is 4.74 Å². The molecule has 0 saturated heterocycles. The lowest BCUT2D eigenvalue weighted by atomic mass is 10.1. The summed E-state index contributed by atoms with van der Waals surface area (Å²) in [6.45, 7) is 1.98. The van der Waals surface area contributed by atoms with Gasteiger partial charge in [0.05, 0.1) is 5.69 Å². The smallest absolute Gasteiger partial charge is 0.331 e. The van der Waals surface area contributed by atoms with Crippen molar-refractivity contribution in [3.8, 4) is 0 Å². The number of carbonyl (C=O) groups excluding carboxylic acids is 1. The molecule has 0 N–H and O–H groups in total. The van der Waals surface area contributed by atoms with Crippen molar-refractivity contribution in [3.63, 3.8) is 0 Å². The Balaban J connectivity index is 2.00. The Hall–Kier alpha value is -2.13. The van der Waals surface area contributed by atoms with Gasteiger partial charge in [-0.1, -0.05) is 35.9 Å². The Morgan fingerprint density at radius 2 is 2.00 bits per heavy atom. The molecule has 0 bridgehead atoms. The van der Waals surface area contributed by atoms with Gasteiger partial charge in [0, 0.05) is 17.3 Å². The lowest BCUT2D eigenvalue weighted by Gasteiger charge is -2.05. The van der Waals surface area contributed by atoms with Crippen molar-refractivity contribution in [3.05, 3.63) is 71.0 Å². The molecule has 0 aliphatic rings. The molecule has 0 aliphatic heterocycles. The fourth-order valence-corrected chi connectivity index (χ4v) is 1.99. The van der Waals surface area contributed by atoms with E-state index in [0.717, 1.165) is 11.1 Å². The topological polar surface area (TPSA) is 39.2 Å². The van der Waals surface area contributed by atoms with Crippen LogP contribution in [-0.2, 0) is 16.1 Å². The van der Waals surface area contributed by atoms with E-state index in [4.69, 9.17) is 16.3 Å². The summed E-state index contributed by atoms with van der Waals surface area (Å²) >= 11 is 6.07. The normalized spacial score (nSPS) is 11.2. The highest BCUT2D eigenvalue weighted by atomic mass is 35.5. The molecule has 0 fully saturated rings. The van der Waals surface area contributed by atoms with Crippen LogP contribution in [0, 0.1) is 0 Å². The van der Waals surface area contributed by atoms with Crippen LogP contribution in [0.2, 0.25) is 5.02 Å². The lowest BCUT2D eigenvalue weighted by Crippen LogP contribution is -2.02. The van der Waals surface area contributed by atoms with Gasteiger partial charge in [-0.3, -0.25) is 4.98 Å². The van der Waals surface area contributed by atoms with E-state index in [9.17, 15) is 4.79 Å². The van der Waals surface area contributed by atoms with E-state index in [1.165, 1.54) is 6.08 Å². The highest BCUT2D eigenvalue weighted by Gasteiger charge is 2.05. The van der Waals surface area contributed by atoms with Crippen molar-refractivity contribution in [1.29, 1.82) is 0 Å². The summed E-state index contributed by atoms with van der Waals surface area (Å²) in [4.78, 5) is 15.8. The number of pyridine rings is 1. The van der Waals surface area contributed by atoms with Gasteiger partial charge in [0.15, 0.2) is 0 Å². The molecular formula is C16H14ClNO2. The third-order valence-electron chi connectivity index (χ3n) is 2.72. The molecule has 0 aliphatic carbocycles. The van der Waals surface area contributed by atoms with E-state index in [0.29, 0.717) is 10.7 Å². The van der Waals surface area contributed by atoms with Crippen molar-refractivity contribution < 1.29 is 9.53 Å². The second-order valence-electron chi connectivity index (χ2n) is 4.24. The van der Waals surface area contributed by atoms with Crippen molar-refractivity contribution in [2.45, 2.75) is 13.5 Å². The van der Waals surface area contributed by atoms with E-state index in [1.807, 2.05) is 37.3 Å². The standard InChI is InChI=1S/C16H14ClNO2/c1-12(14-7-2-3-8-15(14)17)10-16(19)20-11-13-6-4-5-9-18-13/h2-10H,11H2,1H3. The number of benzene rings is 1. The van der Waals surface area contributed by atoms with Crippen LogP contribution in [-0.4, -0.2) is 11.0 Å². The molecule has 4 heteroatoms. The van der Waals surface area contributed by atoms with Gasteiger partial charge in [0.25, 0.3) is 0 Å². The first-order chi connectivity index (χ1) is 9.66. The van der Waals surface area contributed by atoms with Gasteiger partial charge in [-0.05, 0) is 36.3 Å². The fraction of sp³-hybridized carbons (Fsp3) is 0.125. The Morgan fingerprint density at radius 3 is 2.70 bits per heavy atom. The summed E-state index contributed by atoms with van der Waals surface area (Å²) in [6.07, 6.45) is 3.10. The van der Waals surface area contributed by atoms with Crippen molar-refractivity contribution in [2.75, 3.05) is 0 Å². The maximum Gasteiger partial charge on any atom is 0.331 e. The van der Waals surface area contributed by atoms with E-state index < -0.39 is 5.97 Å². The maximum atomic E-state index is 11.7. The summed E-state index contributed by atoms with van der Waals surface area (Å²) in [5, 5.41) is 0.610. The number of esters is 1. The Morgan fingerprint density at radius 1 is 1.25 bits per heavy atom. The summed E-state index contributed by atoms with van der Waals surface area (Å²) in [7, 11) is 0. The molecule has 20 heavy (non-hydrogen) atoms. The molecule has 2 rings (SSSR count). The third kappa shape index (κ3) is 3.93. The molecule has 0 spiro atoms. The van der Waals surface area contributed by atoms with Gasteiger partial charge >= 0.3 is 5.97 Å². The number of hydrogen-bond acceptors (Lipinski definition) is 3. The average Bonchev–Trinajstić information content (AvgIpc) is 2.46. The van der Waals surface area contributed by atoms with Crippen LogP contribution < -0.4 is 0 Å². The molecule has 0 radical (unpaired) electrons. The molecule has 0 unspecified atom stereocenters. The minimum Gasteiger partial charge on any atom is -0.456 e. The number of carbonyl (C=O) groups is 1.